The molecule has 3 aromatic rings. The quantitative estimate of drug-likeness (QED) is 0.270. The van der Waals surface area contributed by atoms with Crippen LogP contribution < -0.4 is 10.5 Å². The van der Waals surface area contributed by atoms with Crippen LogP contribution in [0, 0.1) is 0 Å². The van der Waals surface area contributed by atoms with Gasteiger partial charge in [-0.25, -0.2) is 0 Å². The Morgan fingerprint density at radius 1 is 0.931 bits per heavy atom. The zero-order valence-corrected chi connectivity index (χ0v) is 17.8. The van der Waals surface area contributed by atoms with E-state index in [0.717, 1.165) is 16.9 Å². The van der Waals surface area contributed by atoms with Crippen molar-refractivity contribution in [3.05, 3.63) is 99.5 Å². The molecule has 0 fully saturated rings. The summed E-state index contributed by atoms with van der Waals surface area (Å²) in [6.45, 7) is 0.297. The van der Waals surface area contributed by atoms with Crippen molar-refractivity contribution in [2.24, 2.45) is 15.9 Å². The molecule has 0 aromatic heterocycles. The lowest BCUT2D eigenvalue weighted by Crippen LogP contribution is -2.05. The molecule has 7 heteroatoms. The minimum atomic E-state index is 0.297. The van der Waals surface area contributed by atoms with Crippen LogP contribution in [0.1, 0.15) is 16.7 Å². The first-order valence-electron chi connectivity index (χ1n) is 8.81. The average Bonchev–Trinajstić information content (AvgIpc) is 2.74. The average molecular weight is 444 g/mol. The van der Waals surface area contributed by atoms with E-state index in [1.807, 2.05) is 54.6 Å². The Labute approximate surface area is 184 Å². The van der Waals surface area contributed by atoms with Crippen molar-refractivity contribution in [3.8, 4) is 5.75 Å². The predicted octanol–water partition coefficient (Wildman–Crippen LogP) is 6.15. The van der Waals surface area contributed by atoms with Gasteiger partial charge in [0.15, 0.2) is 5.17 Å². The third kappa shape index (κ3) is 6.82. The van der Waals surface area contributed by atoms with E-state index < -0.39 is 0 Å². The summed E-state index contributed by atoms with van der Waals surface area (Å²) in [7, 11) is 0. The van der Waals surface area contributed by atoms with E-state index in [9.17, 15) is 0 Å². The van der Waals surface area contributed by atoms with Gasteiger partial charge in [0.25, 0.3) is 0 Å². The van der Waals surface area contributed by atoms with Crippen LogP contribution in [0.25, 0.3) is 0 Å². The molecule has 0 saturated carbocycles. The molecular weight excluding hydrogens is 425 g/mol. The molecule has 3 rings (SSSR count). The summed E-state index contributed by atoms with van der Waals surface area (Å²) in [6.07, 6.45) is 1.64. The van der Waals surface area contributed by atoms with Crippen molar-refractivity contribution in [2.45, 2.75) is 12.4 Å². The number of ether oxygens (including phenoxy) is 1. The molecule has 0 unspecified atom stereocenters. The van der Waals surface area contributed by atoms with Gasteiger partial charge < -0.3 is 10.5 Å². The van der Waals surface area contributed by atoms with E-state index >= 15 is 0 Å². The van der Waals surface area contributed by atoms with Crippen molar-refractivity contribution < 1.29 is 4.74 Å². The number of nitrogens with zero attached hydrogens (tertiary/aromatic N) is 2. The second-order valence-corrected chi connectivity index (χ2v) is 7.83. The molecule has 29 heavy (non-hydrogen) atoms. The number of nitrogens with two attached hydrogens (primary N) is 1. The molecule has 2 N–H and O–H groups in total. The Balaban J connectivity index is 1.50. The first kappa shape index (κ1) is 21.2. The van der Waals surface area contributed by atoms with Crippen LogP contribution in [-0.4, -0.2) is 11.4 Å². The highest BCUT2D eigenvalue weighted by molar-refractivity contribution is 8.13. The predicted molar refractivity (Wildman–Crippen MR) is 124 cm³/mol. The maximum Gasteiger partial charge on any atom is 0.180 e. The van der Waals surface area contributed by atoms with Gasteiger partial charge in [0.05, 0.1) is 6.21 Å². The number of hydrogen-bond acceptors (Lipinski definition) is 4. The molecule has 0 aliphatic heterocycles. The number of thioether (sulfide) groups is 1. The first-order valence-corrected chi connectivity index (χ1v) is 10.5. The van der Waals surface area contributed by atoms with E-state index in [2.05, 4.69) is 10.2 Å². The molecule has 0 saturated heterocycles. The summed E-state index contributed by atoms with van der Waals surface area (Å²) in [4.78, 5) is 0. The van der Waals surface area contributed by atoms with Crippen molar-refractivity contribution in [2.75, 3.05) is 0 Å². The molecule has 0 bridgehead atoms. The third-order valence-corrected chi connectivity index (χ3v) is 5.48. The lowest BCUT2D eigenvalue weighted by Gasteiger charge is -2.09. The Morgan fingerprint density at radius 3 is 2.31 bits per heavy atom. The Hall–Kier alpha value is -2.47. The largest absolute Gasteiger partial charge is 0.489 e. The standard InChI is InChI=1S/C22H19Cl2N3OS/c23-20-7-4-8-21(24)19(20)14-28-18-11-9-16(10-12-18)13-26-27-22(25)29-15-17-5-2-1-3-6-17/h1-13H,14-15H2,(H2,25,27). The summed E-state index contributed by atoms with van der Waals surface area (Å²) in [5.41, 5.74) is 8.72. The molecule has 0 radical (unpaired) electrons. The van der Waals surface area contributed by atoms with Crippen molar-refractivity contribution in [1.82, 2.24) is 0 Å². The maximum atomic E-state index is 6.15. The van der Waals surface area contributed by atoms with Gasteiger partial charge in [-0.3, -0.25) is 0 Å². The maximum absolute atomic E-state index is 6.15. The molecule has 3 aromatic carbocycles. The smallest absolute Gasteiger partial charge is 0.180 e. The second-order valence-electron chi connectivity index (χ2n) is 6.02. The monoisotopic (exact) mass is 443 g/mol. The second kappa shape index (κ2) is 10.9. The highest BCUT2D eigenvalue weighted by Crippen LogP contribution is 2.25. The highest BCUT2D eigenvalue weighted by Gasteiger charge is 2.06. The summed E-state index contributed by atoms with van der Waals surface area (Å²) < 4.78 is 5.76. The normalized spacial score (nSPS) is 11.7. The van der Waals surface area contributed by atoms with Crippen LogP contribution in [0.5, 0.6) is 5.75 Å². The van der Waals surface area contributed by atoms with Crippen LogP contribution in [0.3, 0.4) is 0 Å². The number of amidine groups is 1. The van der Waals surface area contributed by atoms with E-state index in [0.29, 0.717) is 27.6 Å². The van der Waals surface area contributed by atoms with Crippen LogP contribution in [-0.2, 0) is 12.4 Å². The van der Waals surface area contributed by atoms with Gasteiger partial charge in [-0.2, -0.15) is 5.10 Å². The summed E-state index contributed by atoms with van der Waals surface area (Å²) in [6, 6.07) is 22.9. The third-order valence-electron chi connectivity index (χ3n) is 3.92. The molecule has 0 atom stereocenters. The molecule has 0 aliphatic carbocycles. The van der Waals surface area contributed by atoms with Crippen LogP contribution >= 0.6 is 35.0 Å². The van der Waals surface area contributed by atoms with Crippen LogP contribution in [0.15, 0.2) is 83.0 Å². The van der Waals surface area contributed by atoms with E-state index in [4.69, 9.17) is 33.7 Å². The minimum absolute atomic E-state index is 0.297. The van der Waals surface area contributed by atoms with E-state index in [1.54, 1.807) is 24.4 Å². The Kier molecular flexibility index (Phi) is 7.99. The van der Waals surface area contributed by atoms with E-state index in [1.165, 1.54) is 17.3 Å². The minimum Gasteiger partial charge on any atom is -0.489 e. The van der Waals surface area contributed by atoms with Gasteiger partial charge in [-0.15, -0.1) is 5.10 Å². The zero-order chi connectivity index (χ0) is 20.5. The topological polar surface area (TPSA) is 60.0 Å². The lowest BCUT2D eigenvalue weighted by molar-refractivity contribution is 0.306. The molecule has 148 valence electrons. The van der Waals surface area contributed by atoms with Gasteiger partial charge in [0.1, 0.15) is 12.4 Å². The summed E-state index contributed by atoms with van der Waals surface area (Å²) >= 11 is 13.8. The van der Waals surface area contributed by atoms with Gasteiger partial charge in [-0.05, 0) is 47.5 Å². The number of benzene rings is 3. The number of hydrogen-bond donors (Lipinski definition) is 1. The molecule has 0 spiro atoms. The van der Waals surface area contributed by atoms with Gasteiger partial charge in [-0.1, -0.05) is 71.4 Å². The van der Waals surface area contributed by atoms with Gasteiger partial charge in [0.2, 0.25) is 0 Å². The molecule has 0 aliphatic rings. The van der Waals surface area contributed by atoms with Crippen LogP contribution in [0.2, 0.25) is 10.0 Å². The fraction of sp³-hybridized carbons (Fsp3) is 0.0909. The summed E-state index contributed by atoms with van der Waals surface area (Å²) in [5, 5.41) is 9.65. The van der Waals surface area contributed by atoms with Crippen LogP contribution in [0.4, 0.5) is 0 Å². The molecule has 0 heterocycles. The zero-order valence-electron chi connectivity index (χ0n) is 15.5. The van der Waals surface area contributed by atoms with Gasteiger partial charge in [0, 0.05) is 21.4 Å². The highest BCUT2D eigenvalue weighted by atomic mass is 35.5. The van der Waals surface area contributed by atoms with Gasteiger partial charge >= 0.3 is 0 Å². The van der Waals surface area contributed by atoms with Crippen molar-refractivity contribution >= 4 is 46.3 Å². The number of rotatable bonds is 7. The lowest BCUT2D eigenvalue weighted by atomic mass is 10.2. The van der Waals surface area contributed by atoms with Crippen molar-refractivity contribution in [1.29, 1.82) is 0 Å². The fourth-order valence-corrected chi connectivity index (χ4v) is 3.51. The molecular formula is C22H19Cl2N3OS. The SMILES string of the molecule is NC(=NN=Cc1ccc(OCc2c(Cl)cccc2Cl)cc1)SCc1ccccc1. The van der Waals surface area contributed by atoms with Crippen molar-refractivity contribution in [3.63, 3.8) is 0 Å². The first-order chi connectivity index (χ1) is 14.1. The Morgan fingerprint density at radius 2 is 1.62 bits per heavy atom. The Bertz CT molecular complexity index is 972. The molecule has 4 nitrogen and oxygen atoms in total. The molecule has 0 amide bonds. The number of halogens is 2. The summed E-state index contributed by atoms with van der Waals surface area (Å²) in [5.74, 6) is 1.47. The fourth-order valence-electron chi connectivity index (χ4n) is 2.39. The van der Waals surface area contributed by atoms with E-state index in [-0.39, 0.29) is 0 Å².